The average molecular weight is 346 g/mol. The Labute approximate surface area is 149 Å². The van der Waals surface area contributed by atoms with E-state index in [1.807, 2.05) is 37.3 Å². The predicted octanol–water partition coefficient (Wildman–Crippen LogP) is 3.54. The molecule has 1 atom stereocenters. The minimum absolute atomic E-state index is 0.0529. The molecule has 4 rings (SSSR count). The number of fused-ring (bicyclic) bond motifs is 1. The molecule has 0 spiro atoms. The molecule has 0 bridgehead atoms. The third-order valence-corrected chi connectivity index (χ3v) is 4.44. The van der Waals surface area contributed by atoms with Crippen LogP contribution in [0.4, 0.5) is 4.39 Å². The summed E-state index contributed by atoms with van der Waals surface area (Å²) in [5, 5.41) is 14.2. The van der Waals surface area contributed by atoms with Crippen molar-refractivity contribution in [2.75, 3.05) is 0 Å². The van der Waals surface area contributed by atoms with Crippen LogP contribution in [0.3, 0.4) is 0 Å². The maximum atomic E-state index is 13.3. The lowest BCUT2D eigenvalue weighted by Crippen LogP contribution is -2.22. The van der Waals surface area contributed by atoms with Crippen LogP contribution in [0.15, 0.2) is 66.1 Å². The molecule has 2 heterocycles. The third kappa shape index (κ3) is 2.42. The number of halogens is 1. The van der Waals surface area contributed by atoms with E-state index in [4.69, 9.17) is 10.5 Å². The van der Waals surface area contributed by atoms with E-state index in [1.54, 1.807) is 16.8 Å². The van der Waals surface area contributed by atoms with Gasteiger partial charge in [-0.15, -0.1) is 0 Å². The number of nitriles is 1. The Balaban J connectivity index is 1.95. The van der Waals surface area contributed by atoms with Crippen molar-refractivity contribution in [3.05, 3.63) is 88.7 Å². The summed E-state index contributed by atoms with van der Waals surface area (Å²) in [7, 11) is 0. The van der Waals surface area contributed by atoms with Crippen LogP contribution in [0, 0.1) is 24.1 Å². The van der Waals surface area contributed by atoms with Gasteiger partial charge in [-0.25, -0.2) is 9.07 Å². The molecule has 0 saturated carbocycles. The number of rotatable bonds is 2. The summed E-state index contributed by atoms with van der Waals surface area (Å²) in [6, 6.07) is 17.7. The summed E-state index contributed by atoms with van der Waals surface area (Å²) in [4.78, 5) is 0. The summed E-state index contributed by atoms with van der Waals surface area (Å²) < 4.78 is 20.6. The molecule has 2 aromatic carbocycles. The molecule has 5 nitrogen and oxygen atoms in total. The quantitative estimate of drug-likeness (QED) is 0.770. The van der Waals surface area contributed by atoms with Crippen LogP contribution >= 0.6 is 0 Å². The van der Waals surface area contributed by atoms with E-state index in [1.165, 1.54) is 12.1 Å². The Morgan fingerprint density at radius 3 is 2.50 bits per heavy atom. The zero-order chi connectivity index (χ0) is 18.3. The van der Waals surface area contributed by atoms with E-state index in [-0.39, 0.29) is 17.6 Å². The van der Waals surface area contributed by atoms with Crippen LogP contribution < -0.4 is 10.5 Å². The van der Waals surface area contributed by atoms with E-state index in [2.05, 4.69) is 11.2 Å². The van der Waals surface area contributed by atoms with Gasteiger partial charge in [0.2, 0.25) is 11.8 Å². The molecule has 3 aromatic rings. The van der Waals surface area contributed by atoms with Gasteiger partial charge in [0.25, 0.3) is 0 Å². The summed E-state index contributed by atoms with van der Waals surface area (Å²) in [5.41, 5.74) is 9.48. The fraction of sp³-hybridized carbons (Fsp3) is 0.100. The molecule has 1 aliphatic heterocycles. The molecule has 6 heteroatoms. The largest absolute Gasteiger partial charge is 0.422 e. The van der Waals surface area contributed by atoms with Crippen molar-refractivity contribution >= 4 is 0 Å². The van der Waals surface area contributed by atoms with E-state index in [0.717, 1.165) is 16.8 Å². The number of aryl methyl sites for hydroxylation is 1. The van der Waals surface area contributed by atoms with Gasteiger partial charge >= 0.3 is 0 Å². The summed E-state index contributed by atoms with van der Waals surface area (Å²) >= 11 is 0. The molecule has 1 aromatic heterocycles. The molecule has 0 radical (unpaired) electrons. The Kier molecular flexibility index (Phi) is 3.70. The number of allylic oxidation sites excluding steroid dienone is 1. The van der Waals surface area contributed by atoms with Crippen LogP contribution in [-0.4, -0.2) is 9.78 Å². The van der Waals surface area contributed by atoms with Crippen molar-refractivity contribution in [2.24, 2.45) is 5.73 Å². The van der Waals surface area contributed by atoms with Crippen LogP contribution in [0.2, 0.25) is 0 Å². The molecule has 128 valence electrons. The molecule has 26 heavy (non-hydrogen) atoms. The van der Waals surface area contributed by atoms with Crippen molar-refractivity contribution in [2.45, 2.75) is 12.8 Å². The van der Waals surface area contributed by atoms with Gasteiger partial charge in [-0.05, 0) is 36.8 Å². The molecule has 0 unspecified atom stereocenters. The maximum absolute atomic E-state index is 13.3. The fourth-order valence-electron chi connectivity index (χ4n) is 3.25. The number of hydrogen-bond donors (Lipinski definition) is 1. The molecule has 0 fully saturated rings. The third-order valence-electron chi connectivity index (χ3n) is 4.44. The van der Waals surface area contributed by atoms with Crippen molar-refractivity contribution in [3.63, 3.8) is 0 Å². The van der Waals surface area contributed by atoms with Gasteiger partial charge in [-0.2, -0.15) is 10.4 Å². The van der Waals surface area contributed by atoms with Crippen LogP contribution in [0.25, 0.3) is 5.69 Å². The summed E-state index contributed by atoms with van der Waals surface area (Å²) in [6.07, 6.45) is 0. The standard InChI is InChI=1S/C20H15FN4O/c1-12-17-18(13-5-3-2-4-6-13)16(11-22)19(23)26-20(17)25(24-12)15-9-7-14(21)8-10-15/h2-10,18H,23H2,1H3/t18-/m1/s1. The second kappa shape index (κ2) is 6.05. The highest BCUT2D eigenvalue weighted by Gasteiger charge is 2.35. The first-order valence-corrected chi connectivity index (χ1v) is 8.08. The fourth-order valence-corrected chi connectivity index (χ4v) is 3.25. The first-order chi connectivity index (χ1) is 12.6. The van der Waals surface area contributed by atoms with Gasteiger partial charge in [0.05, 0.1) is 22.9 Å². The highest BCUT2D eigenvalue weighted by atomic mass is 19.1. The first kappa shape index (κ1) is 15.9. The minimum Gasteiger partial charge on any atom is -0.422 e. The Morgan fingerprint density at radius 1 is 1.15 bits per heavy atom. The van der Waals surface area contributed by atoms with Crippen molar-refractivity contribution in [1.82, 2.24) is 9.78 Å². The lowest BCUT2D eigenvalue weighted by atomic mass is 9.84. The van der Waals surface area contributed by atoms with Gasteiger partial charge in [0.1, 0.15) is 17.5 Å². The highest BCUT2D eigenvalue weighted by molar-refractivity contribution is 5.57. The first-order valence-electron chi connectivity index (χ1n) is 8.08. The van der Waals surface area contributed by atoms with E-state index in [9.17, 15) is 9.65 Å². The van der Waals surface area contributed by atoms with Gasteiger partial charge in [-0.3, -0.25) is 0 Å². The van der Waals surface area contributed by atoms with E-state index in [0.29, 0.717) is 17.1 Å². The molecule has 1 aliphatic rings. The van der Waals surface area contributed by atoms with Crippen molar-refractivity contribution < 1.29 is 9.13 Å². The SMILES string of the molecule is Cc1nn(-c2ccc(F)cc2)c2c1[C@H](c1ccccc1)C(C#N)=C(N)O2. The molecule has 0 aliphatic carbocycles. The molecule has 2 N–H and O–H groups in total. The van der Waals surface area contributed by atoms with Crippen LogP contribution in [0.1, 0.15) is 22.7 Å². The Hall–Kier alpha value is -3.59. The number of hydrogen-bond acceptors (Lipinski definition) is 4. The lowest BCUT2D eigenvalue weighted by molar-refractivity contribution is 0.367. The second-order valence-corrected chi connectivity index (χ2v) is 6.03. The lowest BCUT2D eigenvalue weighted by Gasteiger charge is -2.24. The predicted molar refractivity (Wildman–Crippen MR) is 94.0 cm³/mol. The molecule has 0 saturated heterocycles. The topological polar surface area (TPSA) is 76.9 Å². The average Bonchev–Trinajstić information content (AvgIpc) is 2.98. The Bertz CT molecular complexity index is 1050. The van der Waals surface area contributed by atoms with E-state index < -0.39 is 0 Å². The smallest absolute Gasteiger partial charge is 0.229 e. The second-order valence-electron chi connectivity index (χ2n) is 6.03. The number of aromatic nitrogens is 2. The number of ether oxygens (including phenoxy) is 1. The number of nitrogens with zero attached hydrogens (tertiary/aromatic N) is 3. The normalized spacial score (nSPS) is 16.0. The van der Waals surface area contributed by atoms with Gasteiger partial charge in [0, 0.05) is 0 Å². The summed E-state index contributed by atoms with van der Waals surface area (Å²) in [5.74, 6) is -0.198. The monoisotopic (exact) mass is 346 g/mol. The molecule has 0 amide bonds. The van der Waals surface area contributed by atoms with Gasteiger partial charge in [0.15, 0.2) is 0 Å². The van der Waals surface area contributed by atoms with E-state index >= 15 is 0 Å². The highest BCUT2D eigenvalue weighted by Crippen LogP contribution is 2.44. The number of nitrogens with two attached hydrogens (primary N) is 1. The van der Waals surface area contributed by atoms with Crippen LogP contribution in [0.5, 0.6) is 5.88 Å². The molecular weight excluding hydrogens is 331 g/mol. The van der Waals surface area contributed by atoms with Gasteiger partial charge in [-0.1, -0.05) is 30.3 Å². The maximum Gasteiger partial charge on any atom is 0.229 e. The minimum atomic E-state index is -0.362. The van der Waals surface area contributed by atoms with Crippen molar-refractivity contribution in [3.8, 4) is 17.6 Å². The zero-order valence-electron chi connectivity index (χ0n) is 14.0. The van der Waals surface area contributed by atoms with Crippen molar-refractivity contribution in [1.29, 1.82) is 5.26 Å². The van der Waals surface area contributed by atoms with Gasteiger partial charge < -0.3 is 10.5 Å². The summed E-state index contributed by atoms with van der Waals surface area (Å²) in [6.45, 7) is 1.86. The molecular formula is C20H15FN4O. The zero-order valence-corrected chi connectivity index (χ0v) is 14.0. The Morgan fingerprint density at radius 2 is 1.85 bits per heavy atom. The van der Waals surface area contributed by atoms with Crippen LogP contribution in [-0.2, 0) is 0 Å². The number of benzene rings is 2.